The Bertz CT molecular complexity index is 1510. The molecule has 0 bridgehead atoms. The number of furan rings is 1. The fourth-order valence-corrected chi connectivity index (χ4v) is 5.58. The van der Waals surface area contributed by atoms with Crippen LogP contribution in [0.1, 0.15) is 19.3 Å². The molecule has 38 heavy (non-hydrogen) atoms. The summed E-state index contributed by atoms with van der Waals surface area (Å²) < 4.78 is 41.8. The van der Waals surface area contributed by atoms with Crippen LogP contribution in [0.5, 0.6) is 6.01 Å². The Morgan fingerprint density at radius 1 is 1.21 bits per heavy atom. The number of fused-ring (bicyclic) bond motifs is 3. The topological polar surface area (TPSA) is 90.5 Å². The molecule has 2 saturated heterocycles. The van der Waals surface area contributed by atoms with Crippen molar-refractivity contribution >= 4 is 27.7 Å². The number of anilines is 1. The highest BCUT2D eigenvalue weighted by molar-refractivity contribution is 6.14. The lowest BCUT2D eigenvalue weighted by Crippen LogP contribution is -2.51. The molecule has 0 amide bonds. The van der Waals surface area contributed by atoms with Gasteiger partial charge in [0.1, 0.15) is 29.6 Å². The van der Waals surface area contributed by atoms with Crippen LogP contribution in [0.3, 0.4) is 0 Å². The van der Waals surface area contributed by atoms with Crippen molar-refractivity contribution < 1.29 is 17.9 Å². The van der Waals surface area contributed by atoms with Gasteiger partial charge in [0.25, 0.3) is 0 Å². The van der Waals surface area contributed by atoms with E-state index in [1.54, 1.807) is 12.1 Å². The molecule has 0 saturated carbocycles. The van der Waals surface area contributed by atoms with Crippen LogP contribution in [0, 0.1) is 23.0 Å². The number of hydrogen-bond donors (Lipinski definition) is 1. The summed E-state index contributed by atoms with van der Waals surface area (Å²) in [5.41, 5.74) is 1.14. The summed E-state index contributed by atoms with van der Waals surface area (Å²) in [6, 6.07) is 9.90. The quantitative estimate of drug-likeness (QED) is 0.400. The van der Waals surface area contributed by atoms with Gasteiger partial charge in [0.05, 0.1) is 35.2 Å². The number of rotatable bonds is 6. The van der Waals surface area contributed by atoms with E-state index in [-0.39, 0.29) is 23.7 Å². The first kappa shape index (κ1) is 24.5. The predicted octanol–water partition coefficient (Wildman–Crippen LogP) is 4.49. The van der Waals surface area contributed by atoms with Crippen LogP contribution in [-0.4, -0.2) is 66.8 Å². The average molecular weight is 519 g/mol. The molecule has 2 fully saturated rings. The van der Waals surface area contributed by atoms with Gasteiger partial charge in [-0.25, -0.2) is 8.78 Å². The summed E-state index contributed by atoms with van der Waals surface area (Å²) in [5, 5.41) is 13.8. The van der Waals surface area contributed by atoms with Crippen LogP contribution < -0.4 is 15.0 Å². The summed E-state index contributed by atoms with van der Waals surface area (Å²) in [5.74, 6) is -0.707. The molecule has 2 aliphatic rings. The Kier molecular flexibility index (Phi) is 6.55. The molecular weight excluding hydrogens is 490 g/mol. The van der Waals surface area contributed by atoms with Gasteiger partial charge in [-0.2, -0.15) is 15.2 Å². The van der Waals surface area contributed by atoms with Crippen molar-refractivity contribution in [1.29, 1.82) is 5.26 Å². The predicted molar refractivity (Wildman–Crippen MR) is 140 cm³/mol. The number of aromatic nitrogens is 2. The zero-order valence-corrected chi connectivity index (χ0v) is 21.1. The number of likely N-dealkylation sites (tertiary alicyclic amines) is 1. The van der Waals surface area contributed by atoms with Crippen LogP contribution in [-0.2, 0) is 0 Å². The van der Waals surface area contributed by atoms with E-state index >= 15 is 0 Å². The molecule has 1 N–H and O–H groups in total. The van der Waals surface area contributed by atoms with E-state index in [2.05, 4.69) is 28.2 Å². The van der Waals surface area contributed by atoms with E-state index in [1.807, 2.05) is 0 Å². The van der Waals surface area contributed by atoms with Gasteiger partial charge < -0.3 is 24.3 Å². The second-order valence-corrected chi connectivity index (χ2v) is 9.96. The summed E-state index contributed by atoms with van der Waals surface area (Å²) in [6.45, 7) is 3.37. The Hall–Kier alpha value is -3.81. The standard InChI is InChI=1S/C28H28F2N6O2/c1-35-11-3-4-18(35)16-38-28-33-23-14-20(24-21(29)5-2-6-22(24)30)19-8-13-37-26(19)25(23)27(34-28)36-12-10-32-17(15-36)7-9-31/h2,5-6,8,13-14,17-18,32H,3-4,7,10-12,15-16H2,1H3/t17-,18-/m0/s1. The van der Waals surface area contributed by atoms with Crippen LogP contribution in [0.4, 0.5) is 14.6 Å². The van der Waals surface area contributed by atoms with E-state index in [1.165, 1.54) is 24.5 Å². The minimum Gasteiger partial charge on any atom is -0.463 e. The third-order valence-electron chi connectivity index (χ3n) is 7.56. The molecule has 6 rings (SSSR count). The molecule has 196 valence electrons. The molecule has 4 heterocycles. The molecule has 0 spiro atoms. The number of nitriles is 1. The Morgan fingerprint density at radius 2 is 2.05 bits per heavy atom. The number of nitrogens with zero attached hydrogens (tertiary/aromatic N) is 5. The lowest BCUT2D eigenvalue weighted by molar-refractivity contribution is 0.188. The molecule has 4 aromatic rings. The molecule has 2 aromatic carbocycles. The van der Waals surface area contributed by atoms with Gasteiger partial charge in [-0.05, 0) is 50.7 Å². The molecule has 2 aromatic heterocycles. The van der Waals surface area contributed by atoms with Crippen molar-refractivity contribution in [1.82, 2.24) is 20.2 Å². The van der Waals surface area contributed by atoms with E-state index in [4.69, 9.17) is 19.1 Å². The zero-order valence-electron chi connectivity index (χ0n) is 21.1. The first-order valence-electron chi connectivity index (χ1n) is 12.9. The minimum atomic E-state index is -0.664. The van der Waals surface area contributed by atoms with E-state index < -0.39 is 11.6 Å². The molecule has 10 heteroatoms. The third-order valence-corrected chi connectivity index (χ3v) is 7.56. The van der Waals surface area contributed by atoms with Gasteiger partial charge in [-0.15, -0.1) is 0 Å². The van der Waals surface area contributed by atoms with Crippen molar-refractivity contribution in [3.05, 3.63) is 48.2 Å². The van der Waals surface area contributed by atoms with E-state index in [0.29, 0.717) is 65.9 Å². The van der Waals surface area contributed by atoms with Crippen molar-refractivity contribution in [2.75, 3.05) is 44.7 Å². The second-order valence-electron chi connectivity index (χ2n) is 9.96. The Morgan fingerprint density at radius 3 is 2.82 bits per heavy atom. The largest absolute Gasteiger partial charge is 0.463 e. The van der Waals surface area contributed by atoms with E-state index in [9.17, 15) is 14.0 Å². The number of piperazine rings is 1. The highest BCUT2D eigenvalue weighted by atomic mass is 19.1. The fraction of sp³-hybridized carbons (Fsp3) is 0.393. The maximum absolute atomic E-state index is 14.9. The lowest BCUT2D eigenvalue weighted by Gasteiger charge is -2.34. The highest BCUT2D eigenvalue weighted by Gasteiger charge is 2.28. The smallest absolute Gasteiger partial charge is 0.319 e. The van der Waals surface area contributed by atoms with E-state index in [0.717, 1.165) is 19.4 Å². The number of hydrogen-bond acceptors (Lipinski definition) is 8. The van der Waals surface area contributed by atoms with Crippen LogP contribution >= 0.6 is 0 Å². The maximum atomic E-state index is 14.9. The fourth-order valence-electron chi connectivity index (χ4n) is 5.58. The first-order valence-corrected chi connectivity index (χ1v) is 12.9. The van der Waals surface area contributed by atoms with Crippen LogP contribution in [0.2, 0.25) is 0 Å². The molecule has 2 atom stereocenters. The number of nitrogens with one attached hydrogen (secondary N) is 1. The molecule has 2 aliphatic heterocycles. The van der Waals surface area contributed by atoms with Crippen molar-refractivity contribution in [2.45, 2.75) is 31.3 Å². The van der Waals surface area contributed by atoms with Gasteiger partial charge in [0.2, 0.25) is 0 Å². The van der Waals surface area contributed by atoms with Gasteiger partial charge in [0.15, 0.2) is 0 Å². The third kappa shape index (κ3) is 4.42. The van der Waals surface area contributed by atoms with Crippen LogP contribution in [0.15, 0.2) is 41.0 Å². The van der Waals surface area contributed by atoms with Gasteiger partial charge in [-0.1, -0.05) is 6.07 Å². The van der Waals surface area contributed by atoms with Gasteiger partial charge in [0, 0.05) is 42.7 Å². The minimum absolute atomic E-state index is 0.0193. The normalized spacial score (nSPS) is 20.3. The van der Waals surface area contributed by atoms with Crippen molar-refractivity contribution in [2.24, 2.45) is 0 Å². The summed E-state index contributed by atoms with van der Waals surface area (Å²) in [6.07, 6.45) is 4.02. The van der Waals surface area contributed by atoms with Crippen LogP contribution in [0.25, 0.3) is 33.0 Å². The second kappa shape index (κ2) is 10.2. The highest BCUT2D eigenvalue weighted by Crippen LogP contribution is 2.41. The number of benzene rings is 2. The SMILES string of the molecule is CN1CCC[C@H]1COc1nc(N2CCN[C@@H](CC#N)C2)c2c(cc(-c3c(F)cccc3F)c3ccoc32)n1. The Balaban J connectivity index is 1.52. The number of ether oxygens (including phenoxy) is 1. The number of likely N-dealkylation sites (N-methyl/N-ethyl adjacent to an activating group) is 1. The van der Waals surface area contributed by atoms with Gasteiger partial charge in [-0.3, -0.25) is 0 Å². The molecular formula is C28H28F2N6O2. The summed E-state index contributed by atoms with van der Waals surface area (Å²) in [7, 11) is 2.08. The van der Waals surface area contributed by atoms with Crippen molar-refractivity contribution in [3.63, 3.8) is 0 Å². The van der Waals surface area contributed by atoms with Gasteiger partial charge >= 0.3 is 6.01 Å². The molecule has 0 aliphatic carbocycles. The summed E-state index contributed by atoms with van der Waals surface area (Å²) in [4.78, 5) is 13.9. The first-order chi connectivity index (χ1) is 18.5. The zero-order chi connectivity index (χ0) is 26.2. The summed E-state index contributed by atoms with van der Waals surface area (Å²) >= 11 is 0. The molecule has 8 nitrogen and oxygen atoms in total. The molecule has 0 unspecified atom stereocenters. The maximum Gasteiger partial charge on any atom is 0.319 e. The van der Waals surface area contributed by atoms with Crippen molar-refractivity contribution in [3.8, 4) is 23.2 Å². The monoisotopic (exact) mass is 518 g/mol. The average Bonchev–Trinajstić information content (AvgIpc) is 3.56. The lowest BCUT2D eigenvalue weighted by atomic mass is 9.98. The molecule has 0 radical (unpaired) electrons. The Labute approximate surface area is 218 Å². The number of halogens is 2.